The van der Waals surface area contributed by atoms with Crippen LogP contribution in [0.1, 0.15) is 82.1 Å². The van der Waals surface area contributed by atoms with Crippen LogP contribution in [0.5, 0.6) is 0 Å². The van der Waals surface area contributed by atoms with Crippen molar-refractivity contribution in [3.63, 3.8) is 0 Å². The van der Waals surface area contributed by atoms with E-state index in [0.29, 0.717) is 29.8 Å². The summed E-state index contributed by atoms with van der Waals surface area (Å²) in [6.07, 6.45) is 2.07. The third-order valence-corrected chi connectivity index (χ3v) is 6.63. The molecule has 0 saturated carbocycles. The topological polar surface area (TPSA) is 27.3 Å². The van der Waals surface area contributed by atoms with Gasteiger partial charge in [-0.05, 0) is 65.8 Å². The average molecular weight is 420 g/mol. The molecule has 0 radical (unpaired) electrons. The van der Waals surface area contributed by atoms with Crippen molar-refractivity contribution >= 4 is 0 Å². The van der Waals surface area contributed by atoms with Gasteiger partial charge in [-0.1, -0.05) is 59.9 Å². The van der Waals surface area contributed by atoms with Crippen LogP contribution < -0.4 is 10.6 Å². The van der Waals surface area contributed by atoms with Gasteiger partial charge in [-0.15, -0.1) is 0 Å². The quantitative estimate of drug-likeness (QED) is 0.293. The van der Waals surface area contributed by atoms with Crippen molar-refractivity contribution in [1.82, 2.24) is 15.5 Å². The normalized spacial score (nSPS) is 16.0. The number of nitrogens with zero attached hydrogens (tertiary/aromatic N) is 1. The Morgan fingerprint density at radius 1 is 0.933 bits per heavy atom. The molecule has 3 nitrogen and oxygen atoms in total. The second-order valence-corrected chi connectivity index (χ2v) is 10.8. The fraction of sp³-hybridized carbons (Fsp3) is 0.778. The van der Waals surface area contributed by atoms with Gasteiger partial charge in [-0.3, -0.25) is 0 Å². The first-order valence-electron chi connectivity index (χ1n) is 11.9. The molecule has 0 aromatic heterocycles. The highest BCUT2D eigenvalue weighted by Crippen LogP contribution is 2.35. The highest BCUT2D eigenvalue weighted by molar-refractivity contribution is 5.18. The molecule has 0 aliphatic carbocycles. The first-order valence-corrected chi connectivity index (χ1v) is 11.9. The summed E-state index contributed by atoms with van der Waals surface area (Å²) in [6, 6.07) is 0.821. The minimum absolute atomic E-state index is 0.0435. The van der Waals surface area contributed by atoms with Crippen LogP contribution in [0, 0.1) is 23.7 Å². The molecular weight excluding hydrogens is 366 g/mol. The Kier molecular flexibility index (Phi) is 12.1. The molecule has 3 atom stereocenters. The lowest BCUT2D eigenvalue weighted by atomic mass is 9.76. The van der Waals surface area contributed by atoms with Crippen LogP contribution >= 0.6 is 0 Å². The maximum Gasteiger partial charge on any atom is 0.0233 e. The molecule has 176 valence electrons. The summed E-state index contributed by atoms with van der Waals surface area (Å²) in [5, 5.41) is 7.45. The third kappa shape index (κ3) is 8.88. The van der Waals surface area contributed by atoms with E-state index in [1.165, 1.54) is 11.3 Å². The van der Waals surface area contributed by atoms with Gasteiger partial charge in [0.15, 0.2) is 0 Å². The Morgan fingerprint density at radius 3 is 1.87 bits per heavy atom. The van der Waals surface area contributed by atoms with Crippen molar-refractivity contribution in [3.8, 4) is 0 Å². The van der Waals surface area contributed by atoms with Gasteiger partial charge in [0, 0.05) is 47.9 Å². The van der Waals surface area contributed by atoms with Crippen LogP contribution in [0.4, 0.5) is 0 Å². The van der Waals surface area contributed by atoms with Crippen molar-refractivity contribution in [2.75, 3.05) is 13.6 Å². The summed E-state index contributed by atoms with van der Waals surface area (Å²) in [6.45, 7) is 36.8. The van der Waals surface area contributed by atoms with E-state index in [4.69, 9.17) is 0 Å². The predicted octanol–water partition coefficient (Wildman–Crippen LogP) is 6.60. The largest absolute Gasteiger partial charge is 0.386 e. The minimum atomic E-state index is -0.0435. The van der Waals surface area contributed by atoms with Gasteiger partial charge >= 0.3 is 0 Å². The molecule has 0 fully saturated rings. The molecule has 30 heavy (non-hydrogen) atoms. The van der Waals surface area contributed by atoms with Crippen molar-refractivity contribution in [2.24, 2.45) is 23.7 Å². The Morgan fingerprint density at radius 2 is 1.47 bits per heavy atom. The van der Waals surface area contributed by atoms with Gasteiger partial charge < -0.3 is 15.5 Å². The standard InChI is InChI=1S/C27H53N3/c1-18(2)17-28-27(13,23(10)25(12)30(14)21(7)8)16-15-26(22(9)19(3)4)24(11)29-20(5)6/h18-21,23,26,28-29H,9,11-12,15-17H2,1-8,10,13-14H3. The molecule has 0 heterocycles. The molecule has 3 unspecified atom stereocenters. The first kappa shape index (κ1) is 28.8. The van der Waals surface area contributed by atoms with Gasteiger partial charge in [0.1, 0.15) is 0 Å². The monoisotopic (exact) mass is 419 g/mol. The van der Waals surface area contributed by atoms with Crippen molar-refractivity contribution in [2.45, 2.75) is 99.7 Å². The molecule has 0 spiro atoms. The molecule has 0 amide bonds. The van der Waals surface area contributed by atoms with Crippen LogP contribution in [0.3, 0.4) is 0 Å². The Balaban J connectivity index is 5.71. The molecule has 0 aromatic carbocycles. The highest BCUT2D eigenvalue weighted by Gasteiger charge is 2.35. The Hall–Kier alpha value is -1.22. The number of nitrogens with one attached hydrogen (secondary N) is 2. The first-order chi connectivity index (χ1) is 13.6. The fourth-order valence-corrected chi connectivity index (χ4v) is 3.80. The van der Waals surface area contributed by atoms with Crippen LogP contribution in [0.25, 0.3) is 0 Å². The zero-order valence-corrected chi connectivity index (χ0v) is 22.2. The Bertz CT molecular complexity index is 558. The minimum Gasteiger partial charge on any atom is -0.386 e. The van der Waals surface area contributed by atoms with Gasteiger partial charge in [0.2, 0.25) is 0 Å². The molecule has 3 heteroatoms. The number of hydrogen-bond acceptors (Lipinski definition) is 3. The van der Waals surface area contributed by atoms with E-state index < -0.39 is 0 Å². The second kappa shape index (κ2) is 12.6. The summed E-state index contributed by atoms with van der Waals surface area (Å²) >= 11 is 0. The van der Waals surface area contributed by atoms with Crippen molar-refractivity contribution in [3.05, 3.63) is 36.7 Å². The van der Waals surface area contributed by atoms with E-state index >= 15 is 0 Å². The lowest BCUT2D eigenvalue weighted by molar-refractivity contribution is 0.190. The molecule has 0 aliphatic rings. The maximum absolute atomic E-state index is 4.47. The zero-order chi connectivity index (χ0) is 23.8. The molecule has 0 rings (SSSR count). The second-order valence-electron chi connectivity index (χ2n) is 10.8. The van der Waals surface area contributed by atoms with Crippen LogP contribution in [0.2, 0.25) is 0 Å². The van der Waals surface area contributed by atoms with E-state index in [2.05, 4.69) is 112 Å². The zero-order valence-electron chi connectivity index (χ0n) is 22.2. The maximum atomic E-state index is 4.47. The van der Waals surface area contributed by atoms with E-state index in [1.807, 2.05) is 0 Å². The summed E-state index contributed by atoms with van der Waals surface area (Å²) < 4.78 is 0. The molecule has 2 N–H and O–H groups in total. The average Bonchev–Trinajstić information content (AvgIpc) is 2.63. The molecule has 0 bridgehead atoms. The molecule has 0 aliphatic heterocycles. The number of allylic oxidation sites excluding steroid dienone is 1. The van der Waals surface area contributed by atoms with E-state index in [9.17, 15) is 0 Å². The smallest absolute Gasteiger partial charge is 0.0233 e. The van der Waals surface area contributed by atoms with Crippen LogP contribution in [0.15, 0.2) is 36.7 Å². The van der Waals surface area contributed by atoms with E-state index in [1.54, 1.807) is 0 Å². The van der Waals surface area contributed by atoms with Gasteiger partial charge in [-0.25, -0.2) is 0 Å². The van der Waals surface area contributed by atoms with Crippen LogP contribution in [-0.2, 0) is 0 Å². The summed E-state index contributed by atoms with van der Waals surface area (Å²) in [5.74, 6) is 1.64. The lowest BCUT2D eigenvalue weighted by Crippen LogP contribution is -2.52. The van der Waals surface area contributed by atoms with Gasteiger partial charge in [0.05, 0.1) is 0 Å². The third-order valence-electron chi connectivity index (χ3n) is 6.63. The lowest BCUT2D eigenvalue weighted by Gasteiger charge is -2.43. The fourth-order valence-electron chi connectivity index (χ4n) is 3.80. The molecular formula is C27H53N3. The summed E-state index contributed by atoms with van der Waals surface area (Å²) in [5.41, 5.74) is 3.52. The SMILES string of the molecule is C=C(NC(C)C)C(CCC(C)(NCC(C)C)C(C)C(=C)N(C)C(C)C)C(=C)C(C)C. The number of hydrogen-bond donors (Lipinski definition) is 2. The predicted molar refractivity (Wildman–Crippen MR) is 137 cm³/mol. The Labute approximate surface area is 189 Å². The van der Waals surface area contributed by atoms with E-state index in [0.717, 1.165) is 25.1 Å². The van der Waals surface area contributed by atoms with E-state index in [-0.39, 0.29) is 11.5 Å². The number of rotatable bonds is 15. The van der Waals surface area contributed by atoms with Gasteiger partial charge in [0.25, 0.3) is 0 Å². The highest BCUT2D eigenvalue weighted by atomic mass is 15.1. The molecule has 0 saturated heterocycles. The molecule has 0 aromatic rings. The van der Waals surface area contributed by atoms with Crippen LogP contribution in [-0.4, -0.2) is 36.1 Å². The van der Waals surface area contributed by atoms with Gasteiger partial charge in [-0.2, -0.15) is 0 Å². The van der Waals surface area contributed by atoms with Crippen molar-refractivity contribution < 1.29 is 0 Å². The summed E-state index contributed by atoms with van der Waals surface area (Å²) in [4.78, 5) is 2.31. The van der Waals surface area contributed by atoms with Crippen molar-refractivity contribution in [1.29, 1.82) is 0 Å². The summed E-state index contributed by atoms with van der Waals surface area (Å²) in [7, 11) is 2.16.